The molecule has 3 aromatic rings. The molecule has 3 aliphatic rings. The van der Waals surface area contributed by atoms with Crippen molar-refractivity contribution in [1.29, 1.82) is 0 Å². The molecule has 2 aromatic carbocycles. The van der Waals surface area contributed by atoms with Crippen molar-refractivity contribution in [1.82, 2.24) is 15.0 Å². The number of nitrogens with zero attached hydrogens (tertiary/aromatic N) is 1. The van der Waals surface area contributed by atoms with Crippen LogP contribution in [0, 0.1) is 20.8 Å². The number of ether oxygens (including phenoxy) is 2. The lowest BCUT2D eigenvalue weighted by Gasteiger charge is -2.28. The van der Waals surface area contributed by atoms with Crippen molar-refractivity contribution >= 4 is 27.3 Å². The van der Waals surface area contributed by atoms with Crippen LogP contribution in [0.2, 0.25) is 0 Å². The van der Waals surface area contributed by atoms with Crippen molar-refractivity contribution in [3.05, 3.63) is 105 Å². The average Bonchev–Trinajstić information content (AvgIpc) is 3.72. The Kier molecular flexibility index (Phi) is 9.44. The van der Waals surface area contributed by atoms with Crippen LogP contribution in [0.15, 0.2) is 60.3 Å². The smallest absolute Gasteiger partial charge is 0.356 e. The summed E-state index contributed by atoms with van der Waals surface area (Å²) >= 11 is 0. The summed E-state index contributed by atoms with van der Waals surface area (Å²) in [6.07, 6.45) is -10.6. The molecular weight excluding hydrogens is 704 g/mol. The van der Waals surface area contributed by atoms with E-state index in [1.54, 1.807) is 6.92 Å². The fourth-order valence-corrected chi connectivity index (χ4v) is 8.28. The Labute approximate surface area is 289 Å². The Balaban J connectivity index is 1.29. The SMILES string of the molecule is Cc1cc(CS(=O)(=O)NC(=O)C2(c3c(C)cccc3C)CC2)ccc1C1NC(OCC(F)(F)F)C2=C1C(=O)C(OCC(F)(F)F)c1cccnc12. The number of rotatable bonds is 10. The number of carbonyl (C=O) groups is 2. The van der Waals surface area contributed by atoms with Crippen molar-refractivity contribution in [2.45, 2.75) is 75.5 Å². The zero-order valence-corrected chi connectivity index (χ0v) is 28.4. The van der Waals surface area contributed by atoms with Gasteiger partial charge in [-0.25, -0.2) is 8.42 Å². The van der Waals surface area contributed by atoms with Crippen molar-refractivity contribution in [2.75, 3.05) is 13.2 Å². The van der Waals surface area contributed by atoms with Gasteiger partial charge in [0, 0.05) is 22.9 Å². The predicted molar refractivity (Wildman–Crippen MR) is 171 cm³/mol. The molecule has 0 spiro atoms. The summed E-state index contributed by atoms with van der Waals surface area (Å²) < 4.78 is 118. The lowest BCUT2D eigenvalue weighted by atomic mass is 9.82. The minimum atomic E-state index is -4.78. The van der Waals surface area contributed by atoms with Crippen LogP contribution in [0.3, 0.4) is 0 Å². The van der Waals surface area contributed by atoms with E-state index in [1.165, 1.54) is 36.5 Å². The van der Waals surface area contributed by atoms with Crippen LogP contribution in [0.25, 0.3) is 5.57 Å². The molecule has 0 radical (unpaired) electrons. The van der Waals surface area contributed by atoms with Crippen molar-refractivity contribution < 1.29 is 53.8 Å². The minimum Gasteiger partial charge on any atom is -0.356 e. The number of ketones is 1. The molecule has 0 bridgehead atoms. The van der Waals surface area contributed by atoms with E-state index in [0.717, 1.165) is 16.7 Å². The Morgan fingerprint density at radius 3 is 2.16 bits per heavy atom. The van der Waals surface area contributed by atoms with E-state index in [2.05, 4.69) is 15.0 Å². The number of aryl methyl sites for hydroxylation is 3. The largest absolute Gasteiger partial charge is 0.411 e. The van der Waals surface area contributed by atoms with Crippen LogP contribution in [0.4, 0.5) is 26.3 Å². The first-order chi connectivity index (χ1) is 23.8. The molecule has 1 amide bonds. The highest BCUT2D eigenvalue weighted by Gasteiger charge is 2.54. The molecule has 3 atom stereocenters. The molecule has 0 saturated heterocycles. The molecule has 2 N–H and O–H groups in total. The fraction of sp³-hybridized carbons (Fsp3) is 0.400. The zero-order chi connectivity index (χ0) is 37.1. The average molecular weight is 738 g/mol. The van der Waals surface area contributed by atoms with Gasteiger partial charge in [-0.15, -0.1) is 0 Å². The zero-order valence-electron chi connectivity index (χ0n) is 27.5. The van der Waals surface area contributed by atoms with Crippen LogP contribution < -0.4 is 10.0 Å². The maximum Gasteiger partial charge on any atom is 0.411 e. The van der Waals surface area contributed by atoms with E-state index in [0.29, 0.717) is 24.0 Å². The van der Waals surface area contributed by atoms with Gasteiger partial charge in [-0.2, -0.15) is 26.3 Å². The maximum absolute atomic E-state index is 13.9. The third-order valence-electron chi connectivity index (χ3n) is 9.26. The van der Waals surface area contributed by atoms with Gasteiger partial charge in [-0.3, -0.25) is 24.6 Å². The molecule has 1 saturated carbocycles. The van der Waals surface area contributed by atoms with E-state index in [9.17, 15) is 44.3 Å². The Morgan fingerprint density at radius 2 is 1.55 bits per heavy atom. The van der Waals surface area contributed by atoms with Gasteiger partial charge < -0.3 is 9.47 Å². The maximum atomic E-state index is 13.9. The molecule has 1 aliphatic heterocycles. The van der Waals surface area contributed by atoms with E-state index in [-0.39, 0.29) is 28.0 Å². The number of sulfonamides is 1. The molecular formula is C35H33F6N3O6S. The third-order valence-corrected chi connectivity index (χ3v) is 10.5. The van der Waals surface area contributed by atoms with Crippen molar-refractivity contribution in [2.24, 2.45) is 0 Å². The predicted octanol–water partition coefficient (Wildman–Crippen LogP) is 5.89. The van der Waals surface area contributed by atoms with Gasteiger partial charge in [0.25, 0.3) is 0 Å². The number of alkyl halides is 6. The summed E-state index contributed by atoms with van der Waals surface area (Å²) in [6, 6.07) is 11.4. The second-order valence-electron chi connectivity index (χ2n) is 13.1. The molecule has 1 aromatic heterocycles. The molecule has 272 valence electrons. The fourth-order valence-electron chi connectivity index (χ4n) is 7.11. The lowest BCUT2D eigenvalue weighted by molar-refractivity contribution is -0.187. The standard InChI is InChI=1S/C35H33F6N3O6S/c1-18-6-4-7-19(2)26(18)33(11-12-33)32(46)44-51(47,48)15-21-9-10-22(20(3)14-21)28-24-25(31(43-28)50-17-35(39,40)41)27-23(8-5-13-42-27)30(29(24)45)49-16-34(36,37)38/h4-10,13-14,28,30-31,43H,11-12,15-17H2,1-3H3,(H,44,46). The summed E-state index contributed by atoms with van der Waals surface area (Å²) in [7, 11) is -4.20. The van der Waals surface area contributed by atoms with Gasteiger partial charge in [0.05, 0.1) is 22.9 Å². The summed E-state index contributed by atoms with van der Waals surface area (Å²) in [5.41, 5.74) is 2.24. The molecule has 51 heavy (non-hydrogen) atoms. The van der Waals surface area contributed by atoms with Gasteiger partial charge in [-0.1, -0.05) is 42.5 Å². The highest BCUT2D eigenvalue weighted by molar-refractivity contribution is 7.89. The first-order valence-electron chi connectivity index (χ1n) is 15.9. The van der Waals surface area contributed by atoms with Gasteiger partial charge in [0.2, 0.25) is 15.9 Å². The quantitative estimate of drug-likeness (QED) is 0.247. The summed E-state index contributed by atoms with van der Waals surface area (Å²) in [4.78, 5) is 31.5. The highest BCUT2D eigenvalue weighted by Crippen LogP contribution is 2.51. The Hall–Kier alpha value is -4.12. The molecule has 3 unspecified atom stereocenters. The number of benzene rings is 2. The van der Waals surface area contributed by atoms with E-state index in [1.807, 2.05) is 32.0 Å². The van der Waals surface area contributed by atoms with Crippen LogP contribution in [0.5, 0.6) is 0 Å². The van der Waals surface area contributed by atoms with Gasteiger partial charge in [0.1, 0.15) is 25.5 Å². The van der Waals surface area contributed by atoms with E-state index >= 15 is 0 Å². The number of hydrogen-bond donors (Lipinski definition) is 2. The number of aromatic nitrogens is 1. The third kappa shape index (κ3) is 7.45. The second kappa shape index (κ2) is 13.1. The first-order valence-corrected chi connectivity index (χ1v) is 17.5. The minimum absolute atomic E-state index is 0.0492. The van der Waals surface area contributed by atoms with Crippen molar-refractivity contribution in [3.8, 4) is 0 Å². The highest BCUT2D eigenvalue weighted by atomic mass is 32.2. The molecule has 6 rings (SSSR count). The van der Waals surface area contributed by atoms with Gasteiger partial charge >= 0.3 is 12.4 Å². The Bertz CT molecular complexity index is 2020. The second-order valence-corrected chi connectivity index (χ2v) is 14.8. The molecule has 2 aliphatic carbocycles. The molecule has 9 nitrogen and oxygen atoms in total. The lowest BCUT2D eigenvalue weighted by Crippen LogP contribution is -2.40. The van der Waals surface area contributed by atoms with Crippen molar-refractivity contribution in [3.63, 3.8) is 0 Å². The van der Waals surface area contributed by atoms with Gasteiger partial charge in [-0.05, 0) is 73.1 Å². The molecule has 16 heteroatoms. The van der Waals surface area contributed by atoms with Crippen LogP contribution in [-0.4, -0.2) is 56.9 Å². The normalized spacial score (nSPS) is 21.4. The number of pyridine rings is 1. The van der Waals surface area contributed by atoms with Gasteiger partial charge in [0.15, 0.2) is 5.78 Å². The number of carbonyl (C=O) groups excluding carboxylic acids is 2. The summed E-state index contributed by atoms with van der Waals surface area (Å²) in [5.74, 6) is -2.13. The Morgan fingerprint density at radius 1 is 0.902 bits per heavy atom. The number of halogens is 6. The van der Waals surface area contributed by atoms with E-state index in [4.69, 9.17) is 9.47 Å². The number of amides is 1. The number of Topliss-reactive ketones (excluding diaryl/α,β-unsaturated/α-hetero) is 1. The van der Waals surface area contributed by atoms with Crippen LogP contribution in [0.1, 0.15) is 69.6 Å². The van der Waals surface area contributed by atoms with Crippen LogP contribution in [-0.2, 0) is 40.3 Å². The number of fused-ring (bicyclic) bond motifs is 2. The van der Waals surface area contributed by atoms with Crippen LogP contribution >= 0.6 is 0 Å². The monoisotopic (exact) mass is 737 g/mol. The molecule has 1 fully saturated rings. The first kappa shape index (κ1) is 36.7. The number of hydrogen-bond acceptors (Lipinski definition) is 8. The summed E-state index contributed by atoms with van der Waals surface area (Å²) in [6.45, 7) is 1.83. The topological polar surface area (TPSA) is 124 Å². The van der Waals surface area contributed by atoms with E-state index < -0.39 is 76.8 Å². The number of nitrogens with one attached hydrogen (secondary N) is 2. The molecule has 2 heterocycles. The summed E-state index contributed by atoms with van der Waals surface area (Å²) in [5, 5.41) is 2.86.